The fourth-order valence-corrected chi connectivity index (χ4v) is 5.01. The van der Waals surface area contributed by atoms with E-state index in [9.17, 15) is 8.42 Å². The van der Waals surface area contributed by atoms with Gasteiger partial charge in [0.25, 0.3) is 0 Å². The van der Waals surface area contributed by atoms with Crippen LogP contribution >= 0.6 is 23.2 Å². The van der Waals surface area contributed by atoms with E-state index < -0.39 is 10.0 Å². The number of hydrogen-bond acceptors (Lipinski definition) is 2. The van der Waals surface area contributed by atoms with Crippen molar-refractivity contribution in [1.82, 2.24) is 4.31 Å². The zero-order valence-electron chi connectivity index (χ0n) is 10.8. The third-order valence-electron chi connectivity index (χ3n) is 3.52. The summed E-state index contributed by atoms with van der Waals surface area (Å²) in [5.74, 6) is 0. The van der Waals surface area contributed by atoms with E-state index in [4.69, 9.17) is 23.2 Å². The van der Waals surface area contributed by atoms with Gasteiger partial charge in [-0.2, -0.15) is 4.31 Å². The summed E-state index contributed by atoms with van der Waals surface area (Å²) in [5, 5.41) is 0.609. The number of nitrogens with zero attached hydrogens (tertiary/aromatic N) is 1. The quantitative estimate of drug-likeness (QED) is 0.845. The first kappa shape index (κ1) is 15.1. The summed E-state index contributed by atoms with van der Waals surface area (Å²) in [7, 11) is -3.56. The Kier molecular flexibility index (Phi) is 4.77. The predicted octanol–water partition coefficient (Wildman–Crippen LogP) is 3.95. The van der Waals surface area contributed by atoms with Gasteiger partial charge in [0, 0.05) is 17.6 Å². The lowest BCUT2D eigenvalue weighted by Gasteiger charge is -2.34. The van der Waals surface area contributed by atoms with Gasteiger partial charge in [0.1, 0.15) is 4.90 Å². The maximum absolute atomic E-state index is 12.7. The monoisotopic (exact) mass is 321 g/mol. The zero-order chi connectivity index (χ0) is 14.0. The van der Waals surface area contributed by atoms with E-state index in [2.05, 4.69) is 0 Å². The Hall–Kier alpha value is -0.290. The van der Waals surface area contributed by atoms with E-state index >= 15 is 0 Å². The highest BCUT2D eigenvalue weighted by molar-refractivity contribution is 7.89. The lowest BCUT2D eigenvalue weighted by atomic mass is 10.0. The average Bonchev–Trinajstić information content (AvgIpc) is 2.41. The van der Waals surface area contributed by atoms with Crippen LogP contribution < -0.4 is 0 Å². The lowest BCUT2D eigenvalue weighted by Crippen LogP contribution is -2.43. The Bertz CT molecular complexity index is 560. The van der Waals surface area contributed by atoms with Crippen LogP contribution in [0, 0.1) is 0 Å². The van der Waals surface area contributed by atoms with Gasteiger partial charge in [-0.15, -0.1) is 0 Å². The second-order valence-corrected chi connectivity index (χ2v) is 7.45. The lowest BCUT2D eigenvalue weighted by molar-refractivity contribution is 0.246. The van der Waals surface area contributed by atoms with Gasteiger partial charge < -0.3 is 0 Å². The molecule has 1 aliphatic rings. The fourth-order valence-electron chi connectivity index (χ4n) is 2.50. The minimum absolute atomic E-state index is 0.0637. The SMILES string of the molecule is CCC1CCCCN1S(=O)(=O)c1cc(Cl)ccc1Cl. The summed E-state index contributed by atoms with van der Waals surface area (Å²) in [6.45, 7) is 2.57. The molecule has 1 aromatic rings. The Morgan fingerprint density at radius 1 is 1.32 bits per heavy atom. The minimum Gasteiger partial charge on any atom is -0.207 e. The Morgan fingerprint density at radius 3 is 2.74 bits per heavy atom. The first-order chi connectivity index (χ1) is 8.96. The van der Waals surface area contributed by atoms with E-state index in [0.717, 1.165) is 25.7 Å². The van der Waals surface area contributed by atoms with Crippen LogP contribution in [-0.2, 0) is 10.0 Å². The third kappa shape index (κ3) is 3.07. The molecule has 1 aliphatic heterocycles. The number of piperidine rings is 1. The molecule has 1 saturated heterocycles. The molecule has 0 saturated carbocycles. The molecule has 1 unspecified atom stereocenters. The first-order valence-electron chi connectivity index (χ1n) is 6.43. The second-order valence-electron chi connectivity index (χ2n) is 4.75. The van der Waals surface area contributed by atoms with Crippen LogP contribution in [0.4, 0.5) is 0 Å². The molecule has 0 amide bonds. The van der Waals surface area contributed by atoms with Crippen molar-refractivity contribution in [2.24, 2.45) is 0 Å². The van der Waals surface area contributed by atoms with Crippen molar-refractivity contribution >= 4 is 33.2 Å². The van der Waals surface area contributed by atoms with Gasteiger partial charge >= 0.3 is 0 Å². The summed E-state index contributed by atoms with van der Waals surface area (Å²) in [5.41, 5.74) is 0. The molecule has 3 nitrogen and oxygen atoms in total. The van der Waals surface area contributed by atoms with Gasteiger partial charge in [-0.3, -0.25) is 0 Å². The molecule has 2 rings (SSSR count). The van der Waals surface area contributed by atoms with Crippen molar-refractivity contribution in [1.29, 1.82) is 0 Å². The van der Waals surface area contributed by atoms with E-state index in [1.165, 1.54) is 12.1 Å². The molecule has 0 aliphatic carbocycles. The normalized spacial score (nSPS) is 21.5. The van der Waals surface area contributed by atoms with Crippen molar-refractivity contribution in [3.05, 3.63) is 28.2 Å². The number of halogens is 2. The molecule has 0 spiro atoms. The summed E-state index contributed by atoms with van der Waals surface area (Å²) in [4.78, 5) is 0.113. The molecule has 1 aromatic carbocycles. The van der Waals surface area contributed by atoms with Gasteiger partial charge in [0.2, 0.25) is 10.0 Å². The van der Waals surface area contributed by atoms with Crippen LogP contribution in [0.2, 0.25) is 10.0 Å². The third-order valence-corrected chi connectivity index (χ3v) is 6.19. The van der Waals surface area contributed by atoms with Crippen molar-refractivity contribution in [2.75, 3.05) is 6.54 Å². The smallest absolute Gasteiger partial charge is 0.207 e. The summed E-state index contributed by atoms with van der Waals surface area (Å²) in [6.07, 6.45) is 3.70. The van der Waals surface area contributed by atoms with Crippen LogP contribution in [0.5, 0.6) is 0 Å². The topological polar surface area (TPSA) is 37.4 Å². The van der Waals surface area contributed by atoms with E-state index in [1.54, 1.807) is 10.4 Å². The number of sulfonamides is 1. The number of benzene rings is 1. The van der Waals surface area contributed by atoms with E-state index in [1.807, 2.05) is 6.92 Å². The molecule has 0 aromatic heterocycles. The Balaban J connectivity index is 2.43. The van der Waals surface area contributed by atoms with Gasteiger partial charge in [-0.25, -0.2) is 8.42 Å². The second kappa shape index (κ2) is 6.00. The van der Waals surface area contributed by atoms with Crippen LogP contribution in [0.15, 0.2) is 23.1 Å². The van der Waals surface area contributed by atoms with Gasteiger partial charge in [-0.1, -0.05) is 36.5 Å². The fraction of sp³-hybridized carbons (Fsp3) is 0.538. The van der Waals surface area contributed by atoms with Gasteiger partial charge in [0.05, 0.1) is 5.02 Å². The van der Waals surface area contributed by atoms with E-state index in [-0.39, 0.29) is 16.0 Å². The van der Waals surface area contributed by atoms with Crippen LogP contribution in [0.25, 0.3) is 0 Å². The van der Waals surface area contributed by atoms with Gasteiger partial charge in [-0.05, 0) is 37.5 Å². The van der Waals surface area contributed by atoms with Crippen LogP contribution in [-0.4, -0.2) is 25.3 Å². The van der Waals surface area contributed by atoms with Gasteiger partial charge in [0.15, 0.2) is 0 Å². The minimum atomic E-state index is -3.56. The molecular formula is C13H17Cl2NO2S. The molecule has 1 heterocycles. The molecule has 0 N–H and O–H groups in total. The summed E-state index contributed by atoms with van der Waals surface area (Å²) < 4.78 is 27.0. The van der Waals surface area contributed by atoms with Crippen molar-refractivity contribution in [2.45, 2.75) is 43.5 Å². The Labute approximate surface area is 124 Å². The molecule has 6 heteroatoms. The molecular weight excluding hydrogens is 305 g/mol. The molecule has 19 heavy (non-hydrogen) atoms. The zero-order valence-corrected chi connectivity index (χ0v) is 13.1. The predicted molar refractivity (Wildman–Crippen MR) is 78.3 cm³/mol. The van der Waals surface area contributed by atoms with Crippen molar-refractivity contribution in [3.63, 3.8) is 0 Å². The van der Waals surface area contributed by atoms with E-state index in [0.29, 0.717) is 11.6 Å². The highest BCUT2D eigenvalue weighted by Gasteiger charge is 2.33. The molecule has 0 bridgehead atoms. The number of hydrogen-bond donors (Lipinski definition) is 0. The van der Waals surface area contributed by atoms with Crippen LogP contribution in [0.3, 0.4) is 0 Å². The van der Waals surface area contributed by atoms with Crippen LogP contribution in [0.1, 0.15) is 32.6 Å². The molecule has 0 radical (unpaired) electrons. The molecule has 1 fully saturated rings. The van der Waals surface area contributed by atoms with Crippen molar-refractivity contribution in [3.8, 4) is 0 Å². The maximum Gasteiger partial charge on any atom is 0.244 e. The maximum atomic E-state index is 12.7. The standard InChI is InChI=1S/C13H17Cl2NO2S/c1-2-11-5-3-4-8-16(11)19(17,18)13-9-10(14)6-7-12(13)15/h6-7,9,11H,2-5,8H2,1H3. The molecule has 106 valence electrons. The first-order valence-corrected chi connectivity index (χ1v) is 8.63. The highest BCUT2D eigenvalue weighted by atomic mass is 35.5. The Morgan fingerprint density at radius 2 is 2.05 bits per heavy atom. The van der Waals surface area contributed by atoms with Crippen molar-refractivity contribution < 1.29 is 8.42 Å². The summed E-state index contributed by atoms with van der Waals surface area (Å²) >= 11 is 11.9. The number of rotatable bonds is 3. The summed E-state index contributed by atoms with van der Waals surface area (Å²) in [6, 6.07) is 4.62. The molecule has 1 atom stereocenters. The average molecular weight is 322 g/mol. The highest BCUT2D eigenvalue weighted by Crippen LogP contribution is 2.32. The largest absolute Gasteiger partial charge is 0.244 e.